The molecule has 1 N–H and O–H groups in total. The molecule has 2 amide bonds. The van der Waals surface area contributed by atoms with Crippen molar-refractivity contribution in [2.75, 3.05) is 19.4 Å². The van der Waals surface area contributed by atoms with E-state index in [1.807, 2.05) is 0 Å². The van der Waals surface area contributed by atoms with Gasteiger partial charge in [-0.25, -0.2) is 4.98 Å². The molecule has 70 valence electrons. The van der Waals surface area contributed by atoms with Crippen LogP contribution in [0.4, 0.5) is 5.13 Å². The Balaban J connectivity index is 2.56. The van der Waals surface area contributed by atoms with Gasteiger partial charge in [0.25, 0.3) is 0 Å². The third-order valence-corrected chi connectivity index (χ3v) is 1.94. The number of thiazole rings is 1. The van der Waals surface area contributed by atoms with Crippen molar-refractivity contribution >= 4 is 28.3 Å². The predicted octanol–water partition coefficient (Wildman–Crippen LogP) is 0.170. The van der Waals surface area contributed by atoms with Crippen molar-refractivity contribution in [1.29, 1.82) is 0 Å². The van der Waals surface area contributed by atoms with E-state index in [1.165, 1.54) is 30.3 Å². The van der Waals surface area contributed by atoms with E-state index in [0.717, 1.165) is 0 Å². The van der Waals surface area contributed by atoms with Gasteiger partial charge in [0.15, 0.2) is 5.13 Å². The lowest BCUT2D eigenvalue weighted by atomic mass is 10.5. The minimum absolute atomic E-state index is 0.431. The molecule has 0 fully saturated rings. The number of amides is 2. The van der Waals surface area contributed by atoms with Gasteiger partial charge in [0.05, 0.1) is 0 Å². The summed E-state index contributed by atoms with van der Waals surface area (Å²) in [4.78, 5) is 27.2. The summed E-state index contributed by atoms with van der Waals surface area (Å²) in [6.07, 6.45) is 1.56. The number of carbonyl (C=O) groups excluding carboxylic acids is 2. The number of hydrogen-bond donors (Lipinski definition) is 1. The van der Waals surface area contributed by atoms with E-state index < -0.39 is 11.8 Å². The highest BCUT2D eigenvalue weighted by Crippen LogP contribution is 2.09. The van der Waals surface area contributed by atoms with E-state index in [4.69, 9.17) is 0 Å². The molecule has 0 spiro atoms. The highest BCUT2D eigenvalue weighted by atomic mass is 32.1. The summed E-state index contributed by atoms with van der Waals surface area (Å²) >= 11 is 1.27. The van der Waals surface area contributed by atoms with Gasteiger partial charge in [-0.2, -0.15) is 0 Å². The van der Waals surface area contributed by atoms with Gasteiger partial charge in [-0.3, -0.25) is 14.9 Å². The largest absolute Gasteiger partial charge is 0.341 e. The van der Waals surface area contributed by atoms with Crippen molar-refractivity contribution in [1.82, 2.24) is 9.88 Å². The minimum Gasteiger partial charge on any atom is -0.341 e. The van der Waals surface area contributed by atoms with Gasteiger partial charge < -0.3 is 4.90 Å². The van der Waals surface area contributed by atoms with E-state index >= 15 is 0 Å². The second-order valence-electron chi connectivity index (χ2n) is 2.49. The lowest BCUT2D eigenvalue weighted by Gasteiger charge is -2.08. The lowest BCUT2D eigenvalue weighted by Crippen LogP contribution is -2.34. The molecule has 0 aliphatic heterocycles. The maximum atomic E-state index is 11.1. The Hall–Kier alpha value is -1.43. The SMILES string of the molecule is CN(C)C(=O)C(=O)Nc1nccs1. The topological polar surface area (TPSA) is 62.3 Å². The van der Waals surface area contributed by atoms with E-state index in [0.29, 0.717) is 5.13 Å². The summed E-state index contributed by atoms with van der Waals surface area (Å²) in [5.41, 5.74) is 0. The van der Waals surface area contributed by atoms with Crippen LogP contribution >= 0.6 is 11.3 Å². The molecule has 1 aromatic rings. The molecular formula is C7H9N3O2S. The smallest absolute Gasteiger partial charge is 0.315 e. The quantitative estimate of drug-likeness (QED) is 0.656. The van der Waals surface area contributed by atoms with Gasteiger partial charge in [0.2, 0.25) is 0 Å². The molecule has 1 aromatic heterocycles. The van der Waals surface area contributed by atoms with E-state index in [-0.39, 0.29) is 0 Å². The van der Waals surface area contributed by atoms with Gasteiger partial charge in [-0.05, 0) is 0 Å². The van der Waals surface area contributed by atoms with Gasteiger partial charge in [0.1, 0.15) is 0 Å². The number of nitrogens with zero attached hydrogens (tertiary/aromatic N) is 2. The van der Waals surface area contributed by atoms with Crippen molar-refractivity contribution in [3.05, 3.63) is 11.6 Å². The minimum atomic E-state index is -0.667. The normalized spacial score (nSPS) is 9.38. The highest BCUT2D eigenvalue weighted by molar-refractivity contribution is 7.13. The third kappa shape index (κ3) is 2.51. The first-order chi connectivity index (χ1) is 6.11. The fraction of sp³-hybridized carbons (Fsp3) is 0.286. The average Bonchev–Trinajstić information content (AvgIpc) is 2.55. The van der Waals surface area contributed by atoms with Crippen LogP contribution in [0.25, 0.3) is 0 Å². The first-order valence-corrected chi connectivity index (χ1v) is 4.41. The second kappa shape index (κ2) is 3.99. The zero-order valence-electron chi connectivity index (χ0n) is 7.27. The summed E-state index contributed by atoms with van der Waals surface area (Å²) in [7, 11) is 3.04. The van der Waals surface area contributed by atoms with Crippen LogP contribution in [-0.4, -0.2) is 35.8 Å². The molecule has 5 nitrogen and oxygen atoms in total. The number of likely N-dealkylation sites (N-methyl/N-ethyl adjacent to an activating group) is 1. The number of carbonyl (C=O) groups is 2. The van der Waals surface area contributed by atoms with Crippen molar-refractivity contribution in [3.63, 3.8) is 0 Å². The van der Waals surface area contributed by atoms with Crippen LogP contribution < -0.4 is 5.32 Å². The Morgan fingerprint density at radius 2 is 2.23 bits per heavy atom. The maximum absolute atomic E-state index is 11.1. The van der Waals surface area contributed by atoms with Gasteiger partial charge in [-0.1, -0.05) is 0 Å². The molecule has 0 atom stereocenters. The maximum Gasteiger partial charge on any atom is 0.315 e. The van der Waals surface area contributed by atoms with Gasteiger partial charge in [-0.15, -0.1) is 11.3 Å². The van der Waals surface area contributed by atoms with Crippen LogP contribution in [0.3, 0.4) is 0 Å². The van der Waals surface area contributed by atoms with Gasteiger partial charge >= 0.3 is 11.8 Å². The molecule has 0 bridgehead atoms. The average molecular weight is 199 g/mol. The summed E-state index contributed by atoms with van der Waals surface area (Å²) < 4.78 is 0. The zero-order valence-corrected chi connectivity index (χ0v) is 8.09. The molecule has 0 saturated carbocycles. The van der Waals surface area contributed by atoms with Crippen LogP contribution in [-0.2, 0) is 9.59 Å². The van der Waals surface area contributed by atoms with Crippen molar-refractivity contribution in [2.24, 2.45) is 0 Å². The molecule has 0 radical (unpaired) electrons. The Morgan fingerprint density at radius 3 is 2.69 bits per heavy atom. The Kier molecular flexibility index (Phi) is 2.97. The van der Waals surface area contributed by atoms with E-state index in [2.05, 4.69) is 10.3 Å². The molecule has 0 unspecified atom stereocenters. The summed E-state index contributed by atoms with van der Waals surface area (Å²) in [5, 5.41) is 4.53. The second-order valence-corrected chi connectivity index (χ2v) is 3.39. The number of nitrogens with one attached hydrogen (secondary N) is 1. The van der Waals surface area contributed by atoms with Crippen molar-refractivity contribution in [3.8, 4) is 0 Å². The van der Waals surface area contributed by atoms with Crippen LogP contribution in [0, 0.1) is 0 Å². The lowest BCUT2D eigenvalue weighted by molar-refractivity contribution is -0.141. The summed E-state index contributed by atoms with van der Waals surface area (Å²) in [5.74, 6) is -1.25. The number of anilines is 1. The fourth-order valence-corrected chi connectivity index (χ4v) is 1.16. The van der Waals surface area contributed by atoms with Crippen molar-refractivity contribution < 1.29 is 9.59 Å². The number of rotatable bonds is 1. The Labute approximate surface area is 79.4 Å². The Morgan fingerprint density at radius 1 is 1.54 bits per heavy atom. The third-order valence-electron chi connectivity index (χ3n) is 1.25. The summed E-state index contributed by atoms with van der Waals surface area (Å²) in [6.45, 7) is 0. The van der Waals surface area contributed by atoms with Crippen LogP contribution in [0.1, 0.15) is 0 Å². The molecular weight excluding hydrogens is 190 g/mol. The number of hydrogen-bond acceptors (Lipinski definition) is 4. The van der Waals surface area contributed by atoms with Crippen LogP contribution in [0.15, 0.2) is 11.6 Å². The molecule has 0 aliphatic rings. The molecule has 0 aliphatic carbocycles. The fourth-order valence-electron chi connectivity index (χ4n) is 0.639. The van der Waals surface area contributed by atoms with Gasteiger partial charge in [0, 0.05) is 25.7 Å². The molecule has 6 heteroatoms. The van der Waals surface area contributed by atoms with E-state index in [9.17, 15) is 9.59 Å². The van der Waals surface area contributed by atoms with E-state index in [1.54, 1.807) is 11.6 Å². The monoisotopic (exact) mass is 199 g/mol. The molecule has 0 saturated heterocycles. The first kappa shape index (κ1) is 9.66. The Bertz CT molecular complexity index is 308. The highest BCUT2D eigenvalue weighted by Gasteiger charge is 2.16. The number of aromatic nitrogens is 1. The van der Waals surface area contributed by atoms with Crippen LogP contribution in [0.2, 0.25) is 0 Å². The molecule has 1 rings (SSSR count). The van der Waals surface area contributed by atoms with Crippen molar-refractivity contribution in [2.45, 2.75) is 0 Å². The molecule has 0 aromatic carbocycles. The van der Waals surface area contributed by atoms with Crippen LogP contribution in [0.5, 0.6) is 0 Å². The molecule has 13 heavy (non-hydrogen) atoms. The predicted molar refractivity (Wildman–Crippen MR) is 49.4 cm³/mol. The molecule has 1 heterocycles. The zero-order chi connectivity index (χ0) is 9.84. The summed E-state index contributed by atoms with van der Waals surface area (Å²) in [6, 6.07) is 0. The standard InChI is InChI=1S/C7H9N3O2S/c1-10(2)6(12)5(11)9-7-8-3-4-13-7/h3-4H,1-2H3,(H,8,9,11). The first-order valence-electron chi connectivity index (χ1n) is 3.53.